The molecule has 1 N–H and O–H groups in total. The number of hydrogen-bond acceptors (Lipinski definition) is 2. The predicted molar refractivity (Wildman–Crippen MR) is 70.1 cm³/mol. The molecule has 1 aromatic rings. The van der Waals surface area contributed by atoms with Gasteiger partial charge in [0.1, 0.15) is 5.75 Å². The standard InChI is InChI=1S/C14H19NO/c1-11(2)9-12(3)10-15-13-5-7-14(16-4)8-6-13/h5-9,15H,1,10H2,2-4H3/b12-9-. The molecule has 0 radical (unpaired) electrons. The Hall–Kier alpha value is -1.70. The minimum Gasteiger partial charge on any atom is -0.497 e. The molecule has 0 aliphatic carbocycles. The summed E-state index contributed by atoms with van der Waals surface area (Å²) in [5.74, 6) is 0.875. The summed E-state index contributed by atoms with van der Waals surface area (Å²) in [5, 5.41) is 3.34. The average Bonchev–Trinajstić information content (AvgIpc) is 2.26. The number of rotatable bonds is 5. The predicted octanol–water partition coefficient (Wildman–Crippen LogP) is 3.63. The third kappa shape index (κ3) is 4.22. The number of allylic oxidation sites excluding steroid dienone is 2. The van der Waals surface area contributed by atoms with Crippen LogP contribution < -0.4 is 10.1 Å². The van der Waals surface area contributed by atoms with Crippen LogP contribution in [-0.4, -0.2) is 13.7 Å². The van der Waals surface area contributed by atoms with E-state index in [0.29, 0.717) is 0 Å². The number of ether oxygens (including phenoxy) is 1. The zero-order valence-corrected chi connectivity index (χ0v) is 10.2. The molecule has 0 unspecified atom stereocenters. The van der Waals surface area contributed by atoms with Crippen LogP contribution >= 0.6 is 0 Å². The smallest absolute Gasteiger partial charge is 0.119 e. The molecule has 2 heteroatoms. The molecule has 0 saturated carbocycles. The van der Waals surface area contributed by atoms with Crippen molar-refractivity contribution in [2.24, 2.45) is 0 Å². The highest BCUT2D eigenvalue weighted by Gasteiger charge is 1.94. The van der Waals surface area contributed by atoms with Gasteiger partial charge in [0.05, 0.1) is 7.11 Å². The first-order valence-corrected chi connectivity index (χ1v) is 5.32. The Balaban J connectivity index is 2.51. The minimum atomic E-state index is 0.833. The van der Waals surface area contributed by atoms with Crippen LogP contribution in [0.1, 0.15) is 13.8 Å². The van der Waals surface area contributed by atoms with Crippen molar-refractivity contribution in [3.05, 3.63) is 48.1 Å². The van der Waals surface area contributed by atoms with Crippen molar-refractivity contribution in [1.82, 2.24) is 0 Å². The van der Waals surface area contributed by atoms with E-state index in [4.69, 9.17) is 4.74 Å². The van der Waals surface area contributed by atoms with Gasteiger partial charge in [-0.1, -0.05) is 23.8 Å². The fourth-order valence-corrected chi connectivity index (χ4v) is 1.42. The van der Waals surface area contributed by atoms with Gasteiger partial charge in [0.2, 0.25) is 0 Å². The number of methoxy groups -OCH3 is 1. The van der Waals surface area contributed by atoms with Gasteiger partial charge in [0.25, 0.3) is 0 Å². The van der Waals surface area contributed by atoms with Crippen molar-refractivity contribution < 1.29 is 4.74 Å². The summed E-state index contributed by atoms with van der Waals surface area (Å²) in [7, 11) is 1.67. The molecule has 0 aromatic heterocycles. The van der Waals surface area contributed by atoms with E-state index in [1.54, 1.807) is 7.11 Å². The monoisotopic (exact) mass is 217 g/mol. The molecule has 0 atom stereocenters. The van der Waals surface area contributed by atoms with E-state index < -0.39 is 0 Å². The summed E-state index contributed by atoms with van der Waals surface area (Å²) in [6, 6.07) is 7.90. The second-order valence-electron chi connectivity index (χ2n) is 3.92. The first-order chi connectivity index (χ1) is 7.61. The van der Waals surface area contributed by atoms with E-state index in [-0.39, 0.29) is 0 Å². The molecule has 16 heavy (non-hydrogen) atoms. The van der Waals surface area contributed by atoms with Gasteiger partial charge in [-0.3, -0.25) is 0 Å². The number of hydrogen-bond donors (Lipinski definition) is 1. The van der Waals surface area contributed by atoms with Crippen molar-refractivity contribution in [3.63, 3.8) is 0 Å². The maximum absolute atomic E-state index is 5.10. The molecule has 0 bridgehead atoms. The topological polar surface area (TPSA) is 21.3 Å². The maximum Gasteiger partial charge on any atom is 0.119 e. The summed E-state index contributed by atoms with van der Waals surface area (Å²) in [5.41, 5.74) is 3.44. The molecule has 0 fully saturated rings. The zero-order valence-electron chi connectivity index (χ0n) is 10.2. The van der Waals surface area contributed by atoms with E-state index in [0.717, 1.165) is 23.6 Å². The molecule has 1 aromatic carbocycles. The lowest BCUT2D eigenvalue weighted by molar-refractivity contribution is 0.415. The van der Waals surface area contributed by atoms with Gasteiger partial charge < -0.3 is 10.1 Å². The Morgan fingerprint density at radius 2 is 1.94 bits per heavy atom. The van der Waals surface area contributed by atoms with E-state index in [1.807, 2.05) is 31.2 Å². The summed E-state index contributed by atoms with van der Waals surface area (Å²) < 4.78 is 5.10. The number of nitrogens with one attached hydrogen (secondary N) is 1. The molecule has 0 aliphatic rings. The summed E-state index contributed by atoms with van der Waals surface area (Å²) in [6.45, 7) is 8.77. The fraction of sp³-hybridized carbons (Fsp3) is 0.286. The van der Waals surface area contributed by atoms with E-state index >= 15 is 0 Å². The Kier molecular flexibility index (Phi) is 4.65. The lowest BCUT2D eigenvalue weighted by Crippen LogP contribution is -2.02. The van der Waals surface area contributed by atoms with Crippen LogP contribution in [0.2, 0.25) is 0 Å². The van der Waals surface area contributed by atoms with Crippen molar-refractivity contribution >= 4 is 5.69 Å². The van der Waals surface area contributed by atoms with Crippen molar-refractivity contribution in [2.75, 3.05) is 19.0 Å². The van der Waals surface area contributed by atoms with E-state index in [1.165, 1.54) is 5.57 Å². The fourth-order valence-electron chi connectivity index (χ4n) is 1.42. The summed E-state index contributed by atoms with van der Waals surface area (Å²) in [6.07, 6.45) is 2.08. The van der Waals surface area contributed by atoms with Crippen LogP contribution in [0.5, 0.6) is 5.75 Å². The second-order valence-corrected chi connectivity index (χ2v) is 3.92. The second kappa shape index (κ2) is 6.01. The minimum absolute atomic E-state index is 0.833. The molecule has 0 aliphatic heterocycles. The highest BCUT2D eigenvalue weighted by molar-refractivity contribution is 5.47. The average molecular weight is 217 g/mol. The Morgan fingerprint density at radius 1 is 1.31 bits per heavy atom. The van der Waals surface area contributed by atoms with E-state index in [9.17, 15) is 0 Å². The first-order valence-electron chi connectivity index (χ1n) is 5.32. The molecule has 0 amide bonds. The highest BCUT2D eigenvalue weighted by Crippen LogP contribution is 2.15. The number of anilines is 1. The molecule has 2 nitrogen and oxygen atoms in total. The van der Waals surface area contributed by atoms with Gasteiger partial charge in [0, 0.05) is 12.2 Å². The molecule has 0 heterocycles. The van der Waals surface area contributed by atoms with Gasteiger partial charge in [0.15, 0.2) is 0 Å². The molecule has 0 spiro atoms. The number of benzene rings is 1. The summed E-state index contributed by atoms with van der Waals surface area (Å²) in [4.78, 5) is 0. The van der Waals surface area contributed by atoms with Gasteiger partial charge in [-0.05, 0) is 38.1 Å². The Morgan fingerprint density at radius 3 is 2.44 bits per heavy atom. The van der Waals surface area contributed by atoms with Crippen LogP contribution in [0, 0.1) is 0 Å². The van der Waals surface area contributed by atoms with Crippen molar-refractivity contribution in [1.29, 1.82) is 0 Å². The maximum atomic E-state index is 5.10. The molecule has 1 rings (SSSR count). The van der Waals surface area contributed by atoms with Crippen LogP contribution in [0.15, 0.2) is 48.1 Å². The normalized spacial score (nSPS) is 11.1. The van der Waals surface area contributed by atoms with Crippen LogP contribution in [0.25, 0.3) is 0 Å². The first kappa shape index (κ1) is 12.4. The Bertz CT molecular complexity index is 376. The van der Waals surface area contributed by atoms with Crippen LogP contribution in [0.3, 0.4) is 0 Å². The highest BCUT2D eigenvalue weighted by atomic mass is 16.5. The van der Waals surface area contributed by atoms with E-state index in [2.05, 4.69) is 24.9 Å². The van der Waals surface area contributed by atoms with Gasteiger partial charge in [-0.25, -0.2) is 0 Å². The lowest BCUT2D eigenvalue weighted by Gasteiger charge is -2.07. The largest absolute Gasteiger partial charge is 0.497 e. The van der Waals surface area contributed by atoms with Crippen LogP contribution in [-0.2, 0) is 0 Å². The molecular formula is C14H19NO. The van der Waals surface area contributed by atoms with Crippen molar-refractivity contribution in [2.45, 2.75) is 13.8 Å². The molecular weight excluding hydrogens is 198 g/mol. The quantitative estimate of drug-likeness (QED) is 0.760. The third-order valence-corrected chi connectivity index (χ3v) is 2.15. The van der Waals surface area contributed by atoms with Gasteiger partial charge in [-0.2, -0.15) is 0 Å². The lowest BCUT2D eigenvalue weighted by atomic mass is 10.2. The SMILES string of the molecule is C=C(C)/C=C(/C)CNc1ccc(OC)cc1. The zero-order chi connectivity index (χ0) is 12.0. The van der Waals surface area contributed by atoms with Crippen molar-refractivity contribution in [3.8, 4) is 5.75 Å². The van der Waals surface area contributed by atoms with Gasteiger partial charge >= 0.3 is 0 Å². The molecule has 86 valence electrons. The Labute approximate surface area is 97.6 Å². The van der Waals surface area contributed by atoms with Crippen LogP contribution in [0.4, 0.5) is 5.69 Å². The van der Waals surface area contributed by atoms with Gasteiger partial charge in [-0.15, -0.1) is 0 Å². The third-order valence-electron chi connectivity index (χ3n) is 2.15. The summed E-state index contributed by atoms with van der Waals surface area (Å²) >= 11 is 0. The molecule has 0 saturated heterocycles.